The van der Waals surface area contributed by atoms with Gasteiger partial charge in [-0.05, 0) is 18.2 Å². The maximum atomic E-state index is 12.3. The van der Waals surface area contributed by atoms with Crippen molar-refractivity contribution in [2.75, 3.05) is 7.11 Å². The zero-order valence-corrected chi connectivity index (χ0v) is 13.1. The zero-order valence-electron chi connectivity index (χ0n) is 12.3. The van der Waals surface area contributed by atoms with Crippen LogP contribution < -0.4 is 10.5 Å². The third-order valence-electron chi connectivity index (χ3n) is 3.61. The van der Waals surface area contributed by atoms with E-state index in [1.807, 2.05) is 0 Å². The lowest BCUT2D eigenvalue weighted by Crippen LogP contribution is -2.32. The van der Waals surface area contributed by atoms with Crippen molar-refractivity contribution in [3.05, 3.63) is 29.3 Å². The van der Waals surface area contributed by atoms with E-state index in [1.165, 1.54) is 12.0 Å². The summed E-state index contributed by atoms with van der Waals surface area (Å²) in [4.78, 5) is 25.8. The smallest absolute Gasteiger partial charge is 0.235 e. The molecule has 2 amide bonds. The summed E-state index contributed by atoms with van der Waals surface area (Å²) >= 11 is 4.96. The number of thiocarbonyl (C=S) groups is 1. The highest BCUT2D eigenvalue weighted by molar-refractivity contribution is 7.80. The predicted molar refractivity (Wildman–Crippen MR) is 82.8 cm³/mol. The zero-order chi connectivity index (χ0) is 15.8. The standard InChI is InChI=1S/C15H18N2O3S/c1-15(2)7-12(18)17(14(15)19)8-10-6-9(13(16)21)4-5-11(10)20-3/h4-6H,7-8H2,1-3H3,(H2,16,21). The van der Waals surface area contributed by atoms with Crippen molar-refractivity contribution < 1.29 is 14.3 Å². The highest BCUT2D eigenvalue weighted by Gasteiger charge is 2.44. The Kier molecular flexibility index (Phi) is 4.00. The van der Waals surface area contributed by atoms with Gasteiger partial charge in [0.2, 0.25) is 11.8 Å². The van der Waals surface area contributed by atoms with Crippen LogP contribution in [0.4, 0.5) is 0 Å². The second-order valence-corrected chi connectivity index (χ2v) is 6.18. The van der Waals surface area contributed by atoms with Crippen LogP contribution in [0.2, 0.25) is 0 Å². The number of hydrogen-bond acceptors (Lipinski definition) is 4. The largest absolute Gasteiger partial charge is 0.496 e. The molecule has 0 aromatic heterocycles. The monoisotopic (exact) mass is 306 g/mol. The maximum Gasteiger partial charge on any atom is 0.235 e. The fourth-order valence-electron chi connectivity index (χ4n) is 2.41. The Hall–Kier alpha value is -1.95. The molecule has 1 aliphatic heterocycles. The van der Waals surface area contributed by atoms with Crippen LogP contribution in [0, 0.1) is 5.41 Å². The molecular formula is C15H18N2O3S. The van der Waals surface area contributed by atoms with Gasteiger partial charge in [0.05, 0.1) is 19.1 Å². The molecule has 0 radical (unpaired) electrons. The van der Waals surface area contributed by atoms with Crippen LogP contribution in [0.15, 0.2) is 18.2 Å². The van der Waals surface area contributed by atoms with Crippen LogP contribution >= 0.6 is 12.2 Å². The molecule has 1 heterocycles. The Morgan fingerprint density at radius 2 is 2.10 bits per heavy atom. The molecule has 21 heavy (non-hydrogen) atoms. The molecule has 1 aromatic carbocycles. The van der Waals surface area contributed by atoms with E-state index in [4.69, 9.17) is 22.7 Å². The van der Waals surface area contributed by atoms with Gasteiger partial charge in [0.15, 0.2) is 0 Å². The van der Waals surface area contributed by atoms with E-state index >= 15 is 0 Å². The molecule has 5 nitrogen and oxygen atoms in total. The summed E-state index contributed by atoms with van der Waals surface area (Å²) < 4.78 is 5.28. The van der Waals surface area contributed by atoms with E-state index < -0.39 is 5.41 Å². The van der Waals surface area contributed by atoms with Gasteiger partial charge >= 0.3 is 0 Å². The van der Waals surface area contributed by atoms with E-state index in [0.717, 1.165) is 0 Å². The lowest BCUT2D eigenvalue weighted by atomic mass is 9.92. The highest BCUT2D eigenvalue weighted by atomic mass is 32.1. The van der Waals surface area contributed by atoms with E-state index in [2.05, 4.69) is 0 Å². The number of nitrogens with zero attached hydrogens (tertiary/aromatic N) is 1. The SMILES string of the molecule is COc1ccc(C(N)=S)cc1CN1C(=O)CC(C)(C)C1=O. The molecule has 0 spiro atoms. The summed E-state index contributed by atoms with van der Waals surface area (Å²) in [5.41, 5.74) is 6.37. The second kappa shape index (κ2) is 5.44. The van der Waals surface area contributed by atoms with Crippen molar-refractivity contribution in [3.8, 4) is 5.75 Å². The average molecular weight is 306 g/mol. The number of imide groups is 1. The number of methoxy groups -OCH3 is 1. The van der Waals surface area contributed by atoms with Gasteiger partial charge in [0, 0.05) is 17.5 Å². The minimum atomic E-state index is -0.648. The van der Waals surface area contributed by atoms with Crippen molar-refractivity contribution in [2.45, 2.75) is 26.8 Å². The fourth-order valence-corrected chi connectivity index (χ4v) is 2.54. The number of ether oxygens (including phenoxy) is 1. The third-order valence-corrected chi connectivity index (χ3v) is 3.85. The lowest BCUT2D eigenvalue weighted by Gasteiger charge is -2.19. The van der Waals surface area contributed by atoms with Crippen molar-refractivity contribution >= 4 is 29.0 Å². The predicted octanol–water partition coefficient (Wildman–Crippen LogP) is 1.61. The first-order chi connectivity index (χ1) is 9.76. The molecule has 2 rings (SSSR count). The molecule has 0 atom stereocenters. The van der Waals surface area contributed by atoms with Crippen LogP contribution in [0.3, 0.4) is 0 Å². The van der Waals surface area contributed by atoms with Crippen LogP contribution in [0.25, 0.3) is 0 Å². The van der Waals surface area contributed by atoms with E-state index in [0.29, 0.717) is 16.9 Å². The molecule has 112 valence electrons. The number of rotatable bonds is 4. The van der Waals surface area contributed by atoms with E-state index in [-0.39, 0.29) is 29.8 Å². The Balaban J connectivity index is 2.35. The molecule has 0 bridgehead atoms. The third kappa shape index (κ3) is 2.90. The maximum absolute atomic E-state index is 12.3. The Morgan fingerprint density at radius 1 is 1.43 bits per heavy atom. The second-order valence-electron chi connectivity index (χ2n) is 5.74. The number of hydrogen-bond donors (Lipinski definition) is 1. The fraction of sp³-hybridized carbons (Fsp3) is 0.400. The molecule has 0 aliphatic carbocycles. The van der Waals surface area contributed by atoms with Gasteiger partial charge in [-0.25, -0.2) is 0 Å². The molecule has 1 saturated heterocycles. The molecule has 2 N–H and O–H groups in total. The molecule has 1 aliphatic rings. The number of amides is 2. The first-order valence-corrected chi connectivity index (χ1v) is 6.98. The first kappa shape index (κ1) is 15.4. The van der Waals surface area contributed by atoms with Crippen LogP contribution in [0.5, 0.6) is 5.75 Å². The summed E-state index contributed by atoms with van der Waals surface area (Å²) in [6.07, 6.45) is 0.225. The van der Waals surface area contributed by atoms with E-state index in [9.17, 15) is 9.59 Å². The van der Waals surface area contributed by atoms with E-state index in [1.54, 1.807) is 32.0 Å². The van der Waals surface area contributed by atoms with Gasteiger partial charge in [0.1, 0.15) is 10.7 Å². The highest BCUT2D eigenvalue weighted by Crippen LogP contribution is 2.34. The van der Waals surface area contributed by atoms with Gasteiger partial charge in [-0.15, -0.1) is 0 Å². The van der Waals surface area contributed by atoms with Crippen molar-refractivity contribution in [2.24, 2.45) is 11.1 Å². The minimum absolute atomic E-state index is 0.167. The molecule has 0 saturated carbocycles. The Labute approximate surface area is 129 Å². The molecule has 1 aromatic rings. The number of carbonyl (C=O) groups excluding carboxylic acids is 2. The Morgan fingerprint density at radius 3 is 2.57 bits per heavy atom. The molecule has 6 heteroatoms. The number of benzene rings is 1. The number of nitrogens with two attached hydrogens (primary N) is 1. The summed E-state index contributed by atoms with van der Waals surface area (Å²) in [7, 11) is 1.54. The van der Waals surface area contributed by atoms with Gasteiger partial charge in [-0.3, -0.25) is 14.5 Å². The minimum Gasteiger partial charge on any atom is -0.496 e. The van der Waals surface area contributed by atoms with Crippen LogP contribution in [-0.4, -0.2) is 28.8 Å². The van der Waals surface area contributed by atoms with Gasteiger partial charge in [-0.2, -0.15) is 0 Å². The number of likely N-dealkylation sites (tertiary alicyclic amines) is 1. The Bertz CT molecular complexity index is 625. The molecule has 1 fully saturated rings. The van der Waals surface area contributed by atoms with Crippen LogP contribution in [-0.2, 0) is 16.1 Å². The molecular weight excluding hydrogens is 288 g/mol. The quantitative estimate of drug-likeness (QED) is 0.676. The topological polar surface area (TPSA) is 72.6 Å². The lowest BCUT2D eigenvalue weighted by molar-refractivity contribution is -0.141. The van der Waals surface area contributed by atoms with Gasteiger partial charge < -0.3 is 10.5 Å². The first-order valence-electron chi connectivity index (χ1n) is 6.58. The molecule has 0 unspecified atom stereocenters. The summed E-state index contributed by atoms with van der Waals surface area (Å²) in [5, 5.41) is 0. The number of carbonyl (C=O) groups is 2. The van der Waals surface area contributed by atoms with Crippen molar-refractivity contribution in [1.29, 1.82) is 0 Å². The van der Waals surface area contributed by atoms with Crippen molar-refractivity contribution in [3.63, 3.8) is 0 Å². The van der Waals surface area contributed by atoms with Crippen LogP contribution in [0.1, 0.15) is 31.4 Å². The summed E-state index contributed by atoms with van der Waals surface area (Å²) in [5.74, 6) is 0.253. The summed E-state index contributed by atoms with van der Waals surface area (Å²) in [6.45, 7) is 3.71. The van der Waals surface area contributed by atoms with Gasteiger partial charge in [-0.1, -0.05) is 26.1 Å². The van der Waals surface area contributed by atoms with Gasteiger partial charge in [0.25, 0.3) is 0 Å². The summed E-state index contributed by atoms with van der Waals surface area (Å²) in [6, 6.07) is 5.25. The average Bonchev–Trinajstić information content (AvgIpc) is 2.60. The normalized spacial score (nSPS) is 17.2. The van der Waals surface area contributed by atoms with Crippen molar-refractivity contribution in [1.82, 2.24) is 4.90 Å².